The first-order chi connectivity index (χ1) is 12.8. The second kappa shape index (κ2) is 6.55. The van der Waals surface area contributed by atoms with E-state index in [1.807, 2.05) is 0 Å². The fraction of sp³-hybridized carbons (Fsp3) is 0.308. The first kappa shape index (κ1) is 18.9. The number of benzene rings is 2. The van der Waals surface area contributed by atoms with Gasteiger partial charge in [0.2, 0.25) is 0 Å². The maximum absolute atomic E-state index is 2.53. The third-order valence-electron chi connectivity index (χ3n) is 6.86. The SMILES string of the molecule is CC1=C(C)C(C)(C)[C]([Hf][C]2(C)C(c3ccccc3)=Cc3ccccc32)=C1C. The molecule has 2 aromatic carbocycles. The Labute approximate surface area is 175 Å². The average Bonchev–Trinajstić information content (AvgIpc) is 3.04. The average molecular weight is 519 g/mol. The first-order valence-electron chi connectivity index (χ1n) is 9.82. The van der Waals surface area contributed by atoms with Gasteiger partial charge in [0.25, 0.3) is 0 Å². The summed E-state index contributed by atoms with van der Waals surface area (Å²) < 4.78 is 1.98. The van der Waals surface area contributed by atoms with Crippen molar-refractivity contribution in [2.45, 2.75) is 44.7 Å². The van der Waals surface area contributed by atoms with E-state index in [-0.39, 0.29) is 8.59 Å². The number of allylic oxidation sites excluding steroid dienone is 5. The van der Waals surface area contributed by atoms with Gasteiger partial charge in [0.05, 0.1) is 0 Å². The van der Waals surface area contributed by atoms with E-state index in [9.17, 15) is 0 Å². The zero-order valence-electron chi connectivity index (χ0n) is 17.3. The number of hydrogen-bond donors (Lipinski definition) is 0. The molecule has 0 saturated carbocycles. The second-order valence-electron chi connectivity index (χ2n) is 8.64. The third kappa shape index (κ3) is 2.81. The first-order valence-corrected chi connectivity index (χ1v) is 13.4. The third-order valence-corrected chi connectivity index (χ3v) is 15.1. The molecule has 2 aromatic rings. The Bertz CT molecular complexity index is 1000. The van der Waals surface area contributed by atoms with Crippen molar-refractivity contribution in [3.8, 4) is 0 Å². The van der Waals surface area contributed by atoms with Crippen LogP contribution in [0.4, 0.5) is 0 Å². The van der Waals surface area contributed by atoms with E-state index in [0.29, 0.717) is 0 Å². The van der Waals surface area contributed by atoms with E-state index >= 15 is 0 Å². The van der Waals surface area contributed by atoms with Gasteiger partial charge in [-0.15, -0.1) is 0 Å². The van der Waals surface area contributed by atoms with Crippen molar-refractivity contribution in [1.29, 1.82) is 0 Å². The Morgan fingerprint density at radius 2 is 1.37 bits per heavy atom. The van der Waals surface area contributed by atoms with Crippen LogP contribution < -0.4 is 0 Å². The van der Waals surface area contributed by atoms with Crippen molar-refractivity contribution in [2.75, 3.05) is 0 Å². The van der Waals surface area contributed by atoms with E-state index in [4.69, 9.17) is 0 Å². The van der Waals surface area contributed by atoms with Gasteiger partial charge in [0.15, 0.2) is 0 Å². The molecule has 0 heterocycles. The van der Waals surface area contributed by atoms with Gasteiger partial charge in [0.1, 0.15) is 0 Å². The van der Waals surface area contributed by atoms with Gasteiger partial charge in [-0.05, 0) is 0 Å². The molecule has 0 saturated heterocycles. The van der Waals surface area contributed by atoms with Crippen LogP contribution >= 0.6 is 0 Å². The van der Waals surface area contributed by atoms with Crippen LogP contribution in [0, 0.1) is 5.41 Å². The molecule has 2 aliphatic carbocycles. The van der Waals surface area contributed by atoms with Crippen LogP contribution in [-0.4, -0.2) is 0 Å². The molecule has 0 aliphatic heterocycles. The second-order valence-corrected chi connectivity index (χ2v) is 14.9. The predicted octanol–water partition coefficient (Wildman–Crippen LogP) is 7.19. The fourth-order valence-electron chi connectivity index (χ4n) is 4.74. The molecular weight excluding hydrogens is 491 g/mol. The molecule has 136 valence electrons. The van der Waals surface area contributed by atoms with Gasteiger partial charge in [0, 0.05) is 0 Å². The van der Waals surface area contributed by atoms with E-state index < -0.39 is 22.9 Å². The van der Waals surface area contributed by atoms with Gasteiger partial charge >= 0.3 is 176 Å². The molecule has 4 rings (SSSR count). The van der Waals surface area contributed by atoms with Gasteiger partial charge in [-0.1, -0.05) is 0 Å². The van der Waals surface area contributed by atoms with Crippen LogP contribution in [0.1, 0.15) is 58.2 Å². The Kier molecular flexibility index (Phi) is 4.58. The topological polar surface area (TPSA) is 0 Å². The molecular formula is C26H28Hf. The van der Waals surface area contributed by atoms with Gasteiger partial charge in [-0.3, -0.25) is 0 Å². The normalized spacial score (nSPS) is 23.6. The number of rotatable bonds is 3. The summed E-state index contributed by atoms with van der Waals surface area (Å²) in [6.45, 7) is 14.4. The van der Waals surface area contributed by atoms with Crippen molar-refractivity contribution in [3.63, 3.8) is 0 Å². The van der Waals surface area contributed by atoms with E-state index in [1.54, 1.807) is 20.0 Å². The summed E-state index contributed by atoms with van der Waals surface area (Å²) in [7, 11) is 0. The molecule has 1 unspecified atom stereocenters. The Hall–Kier alpha value is -1.47. The van der Waals surface area contributed by atoms with Crippen molar-refractivity contribution in [2.24, 2.45) is 5.41 Å². The van der Waals surface area contributed by atoms with Crippen molar-refractivity contribution >= 4 is 11.6 Å². The monoisotopic (exact) mass is 520 g/mol. The van der Waals surface area contributed by atoms with E-state index in [0.717, 1.165) is 0 Å². The predicted molar refractivity (Wildman–Crippen MR) is 113 cm³/mol. The van der Waals surface area contributed by atoms with Gasteiger partial charge in [-0.2, -0.15) is 0 Å². The molecule has 0 fully saturated rings. The molecule has 0 amide bonds. The summed E-state index contributed by atoms with van der Waals surface area (Å²) in [5.74, 6) is 0. The zero-order valence-corrected chi connectivity index (χ0v) is 20.9. The summed E-state index contributed by atoms with van der Waals surface area (Å²) >= 11 is -1.24. The summed E-state index contributed by atoms with van der Waals surface area (Å²) in [5, 5.41) is 0. The van der Waals surface area contributed by atoms with Crippen LogP contribution in [0.5, 0.6) is 0 Å². The van der Waals surface area contributed by atoms with Crippen molar-refractivity contribution in [3.05, 3.63) is 91.3 Å². The van der Waals surface area contributed by atoms with Crippen LogP contribution in [0.25, 0.3) is 11.6 Å². The maximum atomic E-state index is 2.53. The molecule has 0 spiro atoms. The number of hydrogen-bond acceptors (Lipinski definition) is 0. The van der Waals surface area contributed by atoms with Crippen LogP contribution in [0.15, 0.2) is 74.6 Å². The van der Waals surface area contributed by atoms with Crippen molar-refractivity contribution in [1.82, 2.24) is 0 Å². The number of fused-ring (bicyclic) bond motifs is 1. The van der Waals surface area contributed by atoms with Crippen LogP contribution in [0.3, 0.4) is 0 Å². The van der Waals surface area contributed by atoms with Crippen LogP contribution in [0.2, 0.25) is 0 Å². The Morgan fingerprint density at radius 1 is 0.741 bits per heavy atom. The summed E-state index contributed by atoms with van der Waals surface area (Å²) in [5.41, 5.74) is 10.8. The summed E-state index contributed by atoms with van der Waals surface area (Å²) in [6, 6.07) is 20.1. The van der Waals surface area contributed by atoms with Crippen molar-refractivity contribution < 1.29 is 22.9 Å². The molecule has 1 atom stereocenters. The van der Waals surface area contributed by atoms with E-state index in [1.165, 1.54) is 22.3 Å². The molecule has 1 heteroatoms. The van der Waals surface area contributed by atoms with Gasteiger partial charge < -0.3 is 0 Å². The molecule has 2 aliphatic rings. The minimum absolute atomic E-state index is 0.191. The Morgan fingerprint density at radius 3 is 2.00 bits per heavy atom. The minimum atomic E-state index is -1.24. The summed E-state index contributed by atoms with van der Waals surface area (Å²) in [6.07, 6.45) is 2.46. The molecule has 0 N–H and O–H groups in total. The van der Waals surface area contributed by atoms with E-state index in [2.05, 4.69) is 102 Å². The standard InChI is InChI=1S/C16H13.C10H15.Hf/c1-12-15-10-6-5-9-14(15)11-16(12)13-7-3-2-4-8-13;1-7-6-10(4,5)9(3)8(7)2;/h2-11H,1H3;1-5H3;. The molecule has 0 bridgehead atoms. The van der Waals surface area contributed by atoms with Crippen LogP contribution in [-0.2, 0) is 26.1 Å². The molecule has 0 radical (unpaired) electrons. The van der Waals surface area contributed by atoms with Gasteiger partial charge in [-0.25, -0.2) is 0 Å². The zero-order chi connectivity index (χ0) is 19.4. The molecule has 0 nitrogen and oxygen atoms in total. The Balaban J connectivity index is 1.86. The molecule has 0 aromatic heterocycles. The molecule has 27 heavy (non-hydrogen) atoms. The summed E-state index contributed by atoms with van der Waals surface area (Å²) in [4.78, 5) is 0. The fourth-order valence-corrected chi connectivity index (χ4v) is 12.2. The quantitative estimate of drug-likeness (QED) is 0.377.